The van der Waals surface area contributed by atoms with Crippen molar-refractivity contribution >= 4 is 5.91 Å². The number of nitrogens with two attached hydrogens (primary N) is 1. The van der Waals surface area contributed by atoms with Gasteiger partial charge in [-0.25, -0.2) is 0 Å². The van der Waals surface area contributed by atoms with Crippen LogP contribution in [0.25, 0.3) is 0 Å². The highest BCUT2D eigenvalue weighted by molar-refractivity contribution is 5.82. The number of carbonyl (C=O) groups excluding carboxylic acids is 1. The van der Waals surface area contributed by atoms with E-state index in [2.05, 4.69) is 5.32 Å². The Morgan fingerprint density at radius 3 is 2.78 bits per heavy atom. The topological polar surface area (TPSA) is 73.6 Å². The summed E-state index contributed by atoms with van der Waals surface area (Å²) in [4.78, 5) is 11.9. The van der Waals surface area contributed by atoms with Crippen molar-refractivity contribution in [3.05, 3.63) is 0 Å². The minimum Gasteiger partial charge on any atom is -0.383 e. The van der Waals surface area contributed by atoms with Gasteiger partial charge in [-0.1, -0.05) is 6.42 Å². The number of nitrogens with one attached hydrogen (secondary N) is 1. The van der Waals surface area contributed by atoms with Gasteiger partial charge in [-0.15, -0.1) is 0 Å². The summed E-state index contributed by atoms with van der Waals surface area (Å²) < 4.78 is 10.6. The van der Waals surface area contributed by atoms with Crippen LogP contribution in [0.15, 0.2) is 0 Å². The van der Waals surface area contributed by atoms with Crippen molar-refractivity contribution in [3.63, 3.8) is 0 Å². The Balaban J connectivity index is 1.86. The van der Waals surface area contributed by atoms with Gasteiger partial charge in [-0.3, -0.25) is 4.79 Å². The van der Waals surface area contributed by atoms with E-state index < -0.39 is 6.04 Å². The Kier molecular flexibility index (Phi) is 4.25. The van der Waals surface area contributed by atoms with Crippen molar-refractivity contribution in [1.82, 2.24) is 5.32 Å². The molecule has 3 unspecified atom stereocenters. The Morgan fingerprint density at radius 2 is 2.28 bits per heavy atom. The summed E-state index contributed by atoms with van der Waals surface area (Å²) in [5, 5.41) is 3.06. The Hall–Kier alpha value is -0.650. The first-order chi connectivity index (χ1) is 8.64. The van der Waals surface area contributed by atoms with E-state index in [4.69, 9.17) is 15.2 Å². The normalized spacial score (nSPS) is 30.4. The largest absolute Gasteiger partial charge is 0.383 e. The van der Waals surface area contributed by atoms with E-state index in [-0.39, 0.29) is 24.0 Å². The summed E-state index contributed by atoms with van der Waals surface area (Å²) in [5.41, 5.74) is 5.92. The maximum atomic E-state index is 11.9. The smallest absolute Gasteiger partial charge is 0.239 e. The number of carbonyl (C=O) groups is 1. The lowest BCUT2D eigenvalue weighted by Crippen LogP contribution is -2.68. The van der Waals surface area contributed by atoms with E-state index in [0.29, 0.717) is 6.10 Å². The number of amides is 1. The molecule has 0 aliphatic heterocycles. The third-order valence-electron chi connectivity index (χ3n) is 4.44. The maximum Gasteiger partial charge on any atom is 0.239 e. The van der Waals surface area contributed by atoms with Crippen LogP contribution in [-0.2, 0) is 14.3 Å². The summed E-state index contributed by atoms with van der Waals surface area (Å²) >= 11 is 0. The van der Waals surface area contributed by atoms with E-state index in [1.54, 1.807) is 7.11 Å². The fourth-order valence-electron chi connectivity index (χ4n) is 3.17. The van der Waals surface area contributed by atoms with Crippen LogP contribution in [0.2, 0.25) is 0 Å². The monoisotopic (exact) mass is 256 g/mol. The molecule has 0 aromatic rings. The second kappa shape index (κ2) is 5.55. The SMILES string of the molecule is CCOC1CC(NC(=O)C(N)COC)C12CCC2. The number of methoxy groups -OCH3 is 1. The van der Waals surface area contributed by atoms with Crippen LogP contribution in [0.3, 0.4) is 0 Å². The molecule has 2 rings (SSSR count). The molecule has 0 aromatic heterocycles. The standard InChI is InChI=1S/C13H24N2O3/c1-3-18-11-7-10(13(11)5-4-6-13)15-12(16)9(14)8-17-2/h9-11H,3-8,14H2,1-2H3,(H,15,16). The van der Waals surface area contributed by atoms with Crippen molar-refractivity contribution in [1.29, 1.82) is 0 Å². The first-order valence-corrected chi connectivity index (χ1v) is 6.80. The molecular formula is C13H24N2O3. The maximum absolute atomic E-state index is 11.9. The molecular weight excluding hydrogens is 232 g/mol. The zero-order valence-corrected chi connectivity index (χ0v) is 11.3. The molecule has 0 saturated heterocycles. The molecule has 2 fully saturated rings. The molecule has 18 heavy (non-hydrogen) atoms. The van der Waals surface area contributed by atoms with Crippen molar-refractivity contribution in [3.8, 4) is 0 Å². The molecule has 5 nitrogen and oxygen atoms in total. The van der Waals surface area contributed by atoms with Crippen LogP contribution in [0.4, 0.5) is 0 Å². The fourth-order valence-corrected chi connectivity index (χ4v) is 3.17. The summed E-state index contributed by atoms with van der Waals surface area (Å²) in [5.74, 6) is -0.108. The third kappa shape index (κ3) is 2.27. The quantitative estimate of drug-likeness (QED) is 0.722. The summed E-state index contributed by atoms with van der Waals surface area (Å²) in [6.45, 7) is 3.03. The van der Waals surface area contributed by atoms with Crippen LogP contribution >= 0.6 is 0 Å². The molecule has 104 valence electrons. The van der Waals surface area contributed by atoms with E-state index in [1.165, 1.54) is 6.42 Å². The average molecular weight is 256 g/mol. The summed E-state index contributed by atoms with van der Waals surface area (Å²) in [7, 11) is 1.55. The van der Waals surface area contributed by atoms with E-state index in [0.717, 1.165) is 25.9 Å². The van der Waals surface area contributed by atoms with E-state index >= 15 is 0 Å². The molecule has 5 heteroatoms. The Labute approximate surface area is 108 Å². The molecule has 0 radical (unpaired) electrons. The van der Waals surface area contributed by atoms with Gasteiger partial charge in [0.15, 0.2) is 0 Å². The molecule has 1 spiro atoms. The van der Waals surface area contributed by atoms with E-state index in [1.807, 2.05) is 6.92 Å². The molecule has 0 aromatic carbocycles. The van der Waals surface area contributed by atoms with Crippen LogP contribution in [-0.4, -0.2) is 44.4 Å². The van der Waals surface area contributed by atoms with Crippen LogP contribution in [0.5, 0.6) is 0 Å². The molecule has 0 bridgehead atoms. The van der Waals surface area contributed by atoms with Gasteiger partial charge < -0.3 is 20.5 Å². The zero-order valence-electron chi connectivity index (χ0n) is 11.3. The first kappa shape index (κ1) is 13.8. The number of hydrogen-bond donors (Lipinski definition) is 2. The van der Waals surface area contributed by atoms with E-state index in [9.17, 15) is 4.79 Å². The third-order valence-corrected chi connectivity index (χ3v) is 4.44. The number of hydrogen-bond acceptors (Lipinski definition) is 4. The summed E-state index contributed by atoms with van der Waals surface area (Å²) in [6.07, 6.45) is 4.78. The highest BCUT2D eigenvalue weighted by Crippen LogP contribution is 2.57. The number of ether oxygens (including phenoxy) is 2. The predicted molar refractivity (Wildman–Crippen MR) is 68.1 cm³/mol. The van der Waals surface area contributed by atoms with Gasteiger partial charge in [-0.2, -0.15) is 0 Å². The van der Waals surface area contributed by atoms with Crippen molar-refractivity contribution in [2.24, 2.45) is 11.1 Å². The molecule has 3 N–H and O–H groups in total. The molecule has 2 saturated carbocycles. The van der Waals surface area contributed by atoms with Gasteiger partial charge in [0.2, 0.25) is 5.91 Å². The minimum atomic E-state index is -0.571. The fraction of sp³-hybridized carbons (Fsp3) is 0.923. The van der Waals surface area contributed by atoms with Gasteiger partial charge in [0.05, 0.1) is 12.7 Å². The molecule has 3 atom stereocenters. The van der Waals surface area contributed by atoms with Crippen LogP contribution < -0.4 is 11.1 Å². The van der Waals surface area contributed by atoms with Crippen molar-refractivity contribution < 1.29 is 14.3 Å². The van der Waals surface area contributed by atoms with Crippen molar-refractivity contribution in [2.45, 2.75) is 50.8 Å². The second-order valence-corrected chi connectivity index (χ2v) is 5.39. The lowest BCUT2D eigenvalue weighted by molar-refractivity contribution is -0.176. The zero-order chi connectivity index (χ0) is 13.2. The lowest BCUT2D eigenvalue weighted by Gasteiger charge is -2.61. The molecule has 2 aliphatic rings. The average Bonchev–Trinajstić information content (AvgIpc) is 2.25. The van der Waals surface area contributed by atoms with Gasteiger partial charge >= 0.3 is 0 Å². The molecule has 0 heterocycles. The van der Waals surface area contributed by atoms with Crippen LogP contribution in [0.1, 0.15) is 32.6 Å². The molecule has 2 aliphatic carbocycles. The highest BCUT2D eigenvalue weighted by atomic mass is 16.5. The van der Waals surface area contributed by atoms with Gasteiger partial charge in [0, 0.05) is 25.2 Å². The van der Waals surface area contributed by atoms with Crippen LogP contribution in [0, 0.1) is 5.41 Å². The second-order valence-electron chi connectivity index (χ2n) is 5.39. The highest BCUT2D eigenvalue weighted by Gasteiger charge is 2.59. The lowest BCUT2D eigenvalue weighted by atomic mass is 9.51. The number of rotatable bonds is 6. The molecule has 1 amide bonds. The minimum absolute atomic E-state index is 0.108. The Bertz CT molecular complexity index is 305. The van der Waals surface area contributed by atoms with Gasteiger partial charge in [0.25, 0.3) is 0 Å². The summed E-state index contributed by atoms with van der Waals surface area (Å²) in [6, 6.07) is -0.337. The van der Waals surface area contributed by atoms with Gasteiger partial charge in [-0.05, 0) is 26.2 Å². The Morgan fingerprint density at radius 1 is 1.56 bits per heavy atom. The predicted octanol–water partition coefficient (Wildman–Crippen LogP) is 0.424. The van der Waals surface area contributed by atoms with Gasteiger partial charge in [0.1, 0.15) is 6.04 Å². The van der Waals surface area contributed by atoms with Crippen molar-refractivity contribution in [2.75, 3.05) is 20.3 Å². The first-order valence-electron chi connectivity index (χ1n) is 6.80.